The van der Waals surface area contributed by atoms with Crippen LogP contribution in [0.3, 0.4) is 0 Å². The summed E-state index contributed by atoms with van der Waals surface area (Å²) in [4.78, 5) is 16.1. The van der Waals surface area contributed by atoms with E-state index in [1.54, 1.807) is 19.1 Å². The van der Waals surface area contributed by atoms with Gasteiger partial charge in [0.15, 0.2) is 0 Å². The number of ether oxygens (including phenoxy) is 2. The minimum atomic E-state index is -0.0152. The van der Waals surface area contributed by atoms with Gasteiger partial charge in [-0.2, -0.15) is 0 Å². The number of hydrogen-bond donors (Lipinski definition) is 0. The summed E-state index contributed by atoms with van der Waals surface area (Å²) in [6.07, 6.45) is 0. The quantitative estimate of drug-likeness (QED) is 0.784. The van der Waals surface area contributed by atoms with Crippen molar-refractivity contribution in [2.45, 2.75) is 0 Å². The summed E-state index contributed by atoms with van der Waals surface area (Å²) in [5.41, 5.74) is 1.74. The van der Waals surface area contributed by atoms with Crippen LogP contribution in [-0.2, 0) is 0 Å². The van der Waals surface area contributed by atoms with Gasteiger partial charge in [-0.1, -0.05) is 0 Å². The molecule has 24 heavy (non-hydrogen) atoms. The molecule has 0 spiro atoms. The molecule has 0 aliphatic heterocycles. The molecule has 0 radical (unpaired) electrons. The number of methoxy groups -OCH3 is 1. The Labute approximate surface area is 143 Å². The van der Waals surface area contributed by atoms with Crippen molar-refractivity contribution in [1.82, 2.24) is 4.90 Å². The summed E-state index contributed by atoms with van der Waals surface area (Å²) in [6.45, 7) is 0.949. The van der Waals surface area contributed by atoms with Crippen LogP contribution in [0.25, 0.3) is 0 Å². The standard InChI is InChI=1S/C19H24N2O3/c1-20(2)16-7-5-15(6-8-16)19(22)21(3)13-14-24-18-11-9-17(23-4)10-12-18/h5-12H,13-14H2,1-4H3. The molecule has 0 fully saturated rings. The van der Waals surface area contributed by atoms with Gasteiger partial charge in [-0.05, 0) is 48.5 Å². The molecule has 0 saturated heterocycles. The normalized spacial score (nSPS) is 10.2. The Morgan fingerprint density at radius 3 is 2.04 bits per heavy atom. The molecule has 0 aliphatic carbocycles. The molecule has 2 aromatic carbocycles. The van der Waals surface area contributed by atoms with Crippen LogP contribution >= 0.6 is 0 Å². The van der Waals surface area contributed by atoms with Crippen molar-refractivity contribution in [2.24, 2.45) is 0 Å². The number of carbonyl (C=O) groups excluding carboxylic acids is 1. The Bertz CT molecular complexity index is 651. The fraction of sp³-hybridized carbons (Fsp3) is 0.316. The van der Waals surface area contributed by atoms with Gasteiger partial charge in [0.25, 0.3) is 5.91 Å². The molecule has 0 saturated carbocycles. The van der Waals surface area contributed by atoms with Gasteiger partial charge in [-0.15, -0.1) is 0 Å². The number of benzene rings is 2. The van der Waals surface area contributed by atoms with Crippen molar-refractivity contribution in [1.29, 1.82) is 0 Å². The van der Waals surface area contributed by atoms with E-state index in [1.165, 1.54) is 0 Å². The van der Waals surface area contributed by atoms with Crippen molar-refractivity contribution in [3.05, 3.63) is 54.1 Å². The molecular formula is C19H24N2O3. The summed E-state index contributed by atoms with van der Waals surface area (Å²) < 4.78 is 10.8. The van der Waals surface area contributed by atoms with Gasteiger partial charge in [0, 0.05) is 32.4 Å². The second-order valence-electron chi connectivity index (χ2n) is 5.69. The van der Waals surface area contributed by atoms with Gasteiger partial charge in [0.1, 0.15) is 18.1 Å². The van der Waals surface area contributed by atoms with Gasteiger partial charge in [-0.3, -0.25) is 4.79 Å². The van der Waals surface area contributed by atoms with Crippen LogP contribution in [-0.4, -0.2) is 52.2 Å². The lowest BCUT2D eigenvalue weighted by Gasteiger charge is -2.18. The van der Waals surface area contributed by atoms with E-state index in [2.05, 4.69) is 0 Å². The van der Waals surface area contributed by atoms with Gasteiger partial charge < -0.3 is 19.3 Å². The smallest absolute Gasteiger partial charge is 0.253 e. The van der Waals surface area contributed by atoms with Crippen LogP contribution in [0.1, 0.15) is 10.4 Å². The zero-order valence-corrected chi connectivity index (χ0v) is 14.7. The van der Waals surface area contributed by atoms with E-state index in [0.29, 0.717) is 18.7 Å². The van der Waals surface area contributed by atoms with E-state index < -0.39 is 0 Å². The Kier molecular flexibility index (Phi) is 6.07. The molecule has 0 aliphatic rings. The van der Waals surface area contributed by atoms with Gasteiger partial charge in [-0.25, -0.2) is 0 Å². The van der Waals surface area contributed by atoms with Crippen molar-refractivity contribution in [2.75, 3.05) is 46.3 Å². The summed E-state index contributed by atoms with van der Waals surface area (Å²) in [6, 6.07) is 15.0. The maximum atomic E-state index is 12.4. The van der Waals surface area contributed by atoms with E-state index in [4.69, 9.17) is 9.47 Å². The van der Waals surface area contributed by atoms with Crippen molar-refractivity contribution in [3.63, 3.8) is 0 Å². The topological polar surface area (TPSA) is 42.0 Å². The summed E-state index contributed by atoms with van der Waals surface area (Å²) >= 11 is 0. The van der Waals surface area contributed by atoms with E-state index in [9.17, 15) is 4.79 Å². The van der Waals surface area contributed by atoms with Crippen LogP contribution in [0.2, 0.25) is 0 Å². The summed E-state index contributed by atoms with van der Waals surface area (Å²) in [5, 5.41) is 0. The molecule has 0 aromatic heterocycles. The average Bonchev–Trinajstić information content (AvgIpc) is 2.61. The lowest BCUT2D eigenvalue weighted by atomic mass is 10.2. The molecule has 2 aromatic rings. The molecule has 0 unspecified atom stereocenters. The van der Waals surface area contributed by atoms with E-state index in [-0.39, 0.29) is 5.91 Å². The molecule has 2 rings (SSSR count). The molecular weight excluding hydrogens is 304 g/mol. The van der Waals surface area contributed by atoms with Crippen LogP contribution in [0.15, 0.2) is 48.5 Å². The van der Waals surface area contributed by atoms with E-state index in [1.807, 2.05) is 67.5 Å². The predicted molar refractivity (Wildman–Crippen MR) is 96.2 cm³/mol. The number of anilines is 1. The van der Waals surface area contributed by atoms with Crippen LogP contribution < -0.4 is 14.4 Å². The average molecular weight is 328 g/mol. The molecule has 1 amide bonds. The van der Waals surface area contributed by atoms with Crippen LogP contribution in [0.4, 0.5) is 5.69 Å². The maximum absolute atomic E-state index is 12.4. The van der Waals surface area contributed by atoms with Crippen LogP contribution in [0, 0.1) is 0 Å². The third-order valence-corrected chi connectivity index (χ3v) is 3.73. The molecule has 5 heteroatoms. The minimum Gasteiger partial charge on any atom is -0.497 e. The number of nitrogens with zero attached hydrogens (tertiary/aromatic N) is 2. The molecule has 0 N–H and O–H groups in total. The second kappa shape index (κ2) is 8.24. The first-order chi connectivity index (χ1) is 11.5. The minimum absolute atomic E-state index is 0.0152. The number of likely N-dealkylation sites (N-methyl/N-ethyl adjacent to an activating group) is 1. The first kappa shape index (κ1) is 17.7. The monoisotopic (exact) mass is 328 g/mol. The molecule has 0 heterocycles. The molecule has 0 bridgehead atoms. The molecule has 128 valence electrons. The Balaban J connectivity index is 1.84. The summed E-state index contributed by atoms with van der Waals surface area (Å²) in [7, 11) is 7.35. The number of rotatable bonds is 7. The zero-order chi connectivity index (χ0) is 17.5. The number of carbonyl (C=O) groups is 1. The van der Waals surface area contributed by atoms with Gasteiger partial charge in [0.2, 0.25) is 0 Å². The fourth-order valence-corrected chi connectivity index (χ4v) is 2.20. The van der Waals surface area contributed by atoms with Crippen LogP contribution in [0.5, 0.6) is 11.5 Å². The highest BCUT2D eigenvalue weighted by atomic mass is 16.5. The third kappa shape index (κ3) is 4.65. The van der Waals surface area contributed by atoms with Gasteiger partial charge in [0.05, 0.1) is 13.7 Å². The van der Waals surface area contributed by atoms with Crippen molar-refractivity contribution < 1.29 is 14.3 Å². The van der Waals surface area contributed by atoms with Crippen molar-refractivity contribution in [3.8, 4) is 11.5 Å². The second-order valence-corrected chi connectivity index (χ2v) is 5.69. The number of hydrogen-bond acceptors (Lipinski definition) is 4. The number of amides is 1. The SMILES string of the molecule is COc1ccc(OCCN(C)C(=O)c2ccc(N(C)C)cc2)cc1. The Morgan fingerprint density at radius 1 is 0.917 bits per heavy atom. The maximum Gasteiger partial charge on any atom is 0.253 e. The zero-order valence-electron chi connectivity index (χ0n) is 14.7. The molecule has 0 atom stereocenters. The largest absolute Gasteiger partial charge is 0.497 e. The highest BCUT2D eigenvalue weighted by molar-refractivity contribution is 5.94. The first-order valence-electron chi connectivity index (χ1n) is 7.81. The fourth-order valence-electron chi connectivity index (χ4n) is 2.20. The Hall–Kier alpha value is -2.69. The highest BCUT2D eigenvalue weighted by Crippen LogP contribution is 2.17. The summed E-state index contributed by atoms with van der Waals surface area (Å²) in [5.74, 6) is 1.53. The van der Waals surface area contributed by atoms with Gasteiger partial charge >= 0.3 is 0 Å². The third-order valence-electron chi connectivity index (χ3n) is 3.73. The van der Waals surface area contributed by atoms with E-state index in [0.717, 1.165) is 17.2 Å². The predicted octanol–water partition coefficient (Wildman–Crippen LogP) is 2.91. The van der Waals surface area contributed by atoms with E-state index >= 15 is 0 Å². The van der Waals surface area contributed by atoms with Crippen molar-refractivity contribution >= 4 is 11.6 Å². The Morgan fingerprint density at radius 2 is 1.50 bits per heavy atom. The molecule has 5 nitrogen and oxygen atoms in total. The highest BCUT2D eigenvalue weighted by Gasteiger charge is 2.11. The first-order valence-corrected chi connectivity index (χ1v) is 7.81. The lowest BCUT2D eigenvalue weighted by Crippen LogP contribution is -2.30. The lowest BCUT2D eigenvalue weighted by molar-refractivity contribution is 0.0774.